The summed E-state index contributed by atoms with van der Waals surface area (Å²) in [7, 11) is 0. The lowest BCUT2D eigenvalue weighted by molar-refractivity contribution is 0.0547. The van der Waals surface area contributed by atoms with Gasteiger partial charge in [0.2, 0.25) is 6.04 Å². The second kappa shape index (κ2) is 9.33. The fourth-order valence-electron chi connectivity index (χ4n) is 5.71. The largest absolute Gasteiger partial charge is 0.443 e. The van der Waals surface area contributed by atoms with E-state index in [1.54, 1.807) is 15.4 Å². The van der Waals surface area contributed by atoms with Gasteiger partial charge in [-0.3, -0.25) is 0 Å². The first-order chi connectivity index (χ1) is 17.6. The van der Waals surface area contributed by atoms with Crippen LogP contribution in [0.2, 0.25) is 0 Å². The van der Waals surface area contributed by atoms with E-state index in [0.29, 0.717) is 5.92 Å². The molecule has 0 saturated heterocycles. The summed E-state index contributed by atoms with van der Waals surface area (Å²) in [6.07, 6.45) is 7.06. The van der Waals surface area contributed by atoms with E-state index >= 15 is 0 Å². The Morgan fingerprint density at radius 2 is 1.89 bits per heavy atom. The molecule has 7 heteroatoms. The van der Waals surface area contributed by atoms with Gasteiger partial charge in [0.15, 0.2) is 5.65 Å². The van der Waals surface area contributed by atoms with Crippen LogP contribution in [-0.2, 0) is 4.74 Å². The molecule has 0 unspecified atom stereocenters. The van der Waals surface area contributed by atoms with Gasteiger partial charge in [-0.05, 0) is 87.3 Å². The van der Waals surface area contributed by atoms with Crippen LogP contribution in [0.3, 0.4) is 0 Å². The monoisotopic (exact) mass is 497 g/mol. The van der Waals surface area contributed by atoms with Crippen LogP contribution in [0.25, 0.3) is 32.7 Å². The number of pyridine rings is 1. The Morgan fingerprint density at radius 3 is 2.54 bits per heavy atom. The molecule has 3 heterocycles. The standard InChI is InChI=1S/C30H35N5O2/c1-18(2)26-24-15-21(20-8-11-23(31-7)12-9-20)10-13-25(24)35(29(36)37-30(4,5)6)27(26)22-14-19(3)28-32-17-33-34(28)16-22/h10,13-18,20,23H,8-9,11-12H2,1-6H3. The first kappa shape index (κ1) is 25.0. The summed E-state index contributed by atoms with van der Waals surface area (Å²) in [5, 5.41) is 5.46. The summed E-state index contributed by atoms with van der Waals surface area (Å²) < 4.78 is 9.44. The van der Waals surface area contributed by atoms with Crippen molar-refractivity contribution in [3.05, 3.63) is 64.9 Å². The molecule has 0 aliphatic heterocycles. The maximum absolute atomic E-state index is 13.7. The van der Waals surface area contributed by atoms with Gasteiger partial charge in [0.05, 0.1) is 11.2 Å². The fourth-order valence-corrected chi connectivity index (χ4v) is 5.71. The number of nitrogens with zero attached hydrogens (tertiary/aromatic N) is 5. The van der Waals surface area contributed by atoms with Crippen LogP contribution in [0.5, 0.6) is 0 Å². The maximum Gasteiger partial charge on any atom is 0.419 e. The topological polar surface area (TPSA) is 65.8 Å². The molecule has 7 nitrogen and oxygen atoms in total. The Kier molecular flexibility index (Phi) is 6.31. The van der Waals surface area contributed by atoms with Crippen LogP contribution in [0.4, 0.5) is 4.79 Å². The molecule has 192 valence electrons. The van der Waals surface area contributed by atoms with Crippen LogP contribution in [0.1, 0.15) is 88.8 Å². The molecular weight excluding hydrogens is 462 g/mol. The number of carbonyl (C=O) groups is 1. The number of hydrogen-bond donors (Lipinski definition) is 0. The number of carbonyl (C=O) groups excluding carboxylic acids is 1. The van der Waals surface area contributed by atoms with Crippen molar-refractivity contribution < 1.29 is 9.53 Å². The van der Waals surface area contributed by atoms with Gasteiger partial charge in [0.1, 0.15) is 11.9 Å². The van der Waals surface area contributed by atoms with Crippen LogP contribution < -0.4 is 0 Å². The SMILES string of the molecule is [C-]#[N+]C1CCC(c2ccc3c(c2)c(C(C)C)c(-c2cc(C)c4ncnn4c2)n3C(=O)OC(C)(C)C)CC1. The first-order valence-corrected chi connectivity index (χ1v) is 13.2. The smallest absolute Gasteiger partial charge is 0.419 e. The Labute approximate surface area is 218 Å². The Bertz CT molecular complexity index is 1520. The van der Waals surface area contributed by atoms with Crippen molar-refractivity contribution in [3.63, 3.8) is 0 Å². The molecule has 0 bridgehead atoms. The zero-order chi connectivity index (χ0) is 26.5. The molecule has 1 aromatic carbocycles. The van der Waals surface area contributed by atoms with Crippen molar-refractivity contribution in [1.82, 2.24) is 19.2 Å². The highest BCUT2D eigenvalue weighted by atomic mass is 16.6. The number of aryl methyl sites for hydroxylation is 1. The lowest BCUT2D eigenvalue weighted by atomic mass is 9.81. The van der Waals surface area contributed by atoms with E-state index in [4.69, 9.17) is 11.3 Å². The van der Waals surface area contributed by atoms with Gasteiger partial charge in [0, 0.05) is 30.0 Å². The van der Waals surface area contributed by atoms with E-state index in [9.17, 15) is 4.79 Å². The van der Waals surface area contributed by atoms with E-state index in [-0.39, 0.29) is 18.1 Å². The molecule has 0 spiro atoms. The Morgan fingerprint density at radius 1 is 1.16 bits per heavy atom. The van der Waals surface area contributed by atoms with E-state index < -0.39 is 5.60 Å². The molecule has 5 rings (SSSR count). The van der Waals surface area contributed by atoms with Crippen molar-refractivity contribution in [3.8, 4) is 11.3 Å². The third kappa shape index (κ3) is 4.61. The highest BCUT2D eigenvalue weighted by Gasteiger charge is 2.30. The molecule has 37 heavy (non-hydrogen) atoms. The number of fused-ring (bicyclic) bond motifs is 2. The minimum absolute atomic E-state index is 0.154. The molecule has 0 amide bonds. The second-order valence-electron chi connectivity index (χ2n) is 11.6. The fraction of sp³-hybridized carbons (Fsp3) is 0.467. The lowest BCUT2D eigenvalue weighted by Crippen LogP contribution is -2.27. The van der Waals surface area contributed by atoms with Gasteiger partial charge in [-0.15, -0.1) is 0 Å². The second-order valence-corrected chi connectivity index (χ2v) is 11.6. The van der Waals surface area contributed by atoms with Crippen molar-refractivity contribution in [2.75, 3.05) is 0 Å². The number of aromatic nitrogens is 4. The summed E-state index contributed by atoms with van der Waals surface area (Å²) >= 11 is 0. The number of benzene rings is 1. The zero-order valence-corrected chi connectivity index (χ0v) is 22.6. The molecule has 1 aliphatic rings. The minimum atomic E-state index is -0.629. The molecular formula is C30H35N5O2. The third-order valence-electron chi connectivity index (χ3n) is 7.37. The average Bonchev–Trinajstić information content (AvgIpc) is 3.45. The van der Waals surface area contributed by atoms with Gasteiger partial charge in [-0.1, -0.05) is 19.9 Å². The van der Waals surface area contributed by atoms with Crippen LogP contribution in [0.15, 0.2) is 36.8 Å². The molecule has 4 aromatic rings. The summed E-state index contributed by atoms with van der Waals surface area (Å²) in [6, 6.07) is 8.74. The van der Waals surface area contributed by atoms with Crippen molar-refractivity contribution in [2.24, 2.45) is 0 Å². The third-order valence-corrected chi connectivity index (χ3v) is 7.37. The summed E-state index contributed by atoms with van der Waals surface area (Å²) in [5.74, 6) is 0.602. The minimum Gasteiger partial charge on any atom is -0.443 e. The zero-order valence-electron chi connectivity index (χ0n) is 22.6. The number of hydrogen-bond acceptors (Lipinski definition) is 4. The quantitative estimate of drug-likeness (QED) is 0.275. The van der Waals surface area contributed by atoms with E-state index in [0.717, 1.165) is 64.6 Å². The lowest BCUT2D eigenvalue weighted by Gasteiger charge is -2.23. The van der Waals surface area contributed by atoms with E-state index in [1.165, 1.54) is 5.56 Å². The van der Waals surface area contributed by atoms with Crippen LogP contribution >= 0.6 is 0 Å². The summed E-state index contributed by atoms with van der Waals surface area (Å²) in [4.78, 5) is 21.9. The highest BCUT2D eigenvalue weighted by molar-refractivity contribution is 6.00. The van der Waals surface area contributed by atoms with Crippen molar-refractivity contribution in [2.45, 2.75) is 90.7 Å². The number of ether oxygens (including phenoxy) is 1. The van der Waals surface area contributed by atoms with Crippen molar-refractivity contribution in [1.29, 1.82) is 0 Å². The molecule has 0 N–H and O–H groups in total. The van der Waals surface area contributed by atoms with Gasteiger partial charge in [-0.25, -0.2) is 25.4 Å². The van der Waals surface area contributed by atoms with E-state index in [1.807, 2.05) is 33.9 Å². The predicted molar refractivity (Wildman–Crippen MR) is 146 cm³/mol. The van der Waals surface area contributed by atoms with Gasteiger partial charge in [0.25, 0.3) is 0 Å². The van der Waals surface area contributed by atoms with Gasteiger partial charge < -0.3 is 9.58 Å². The van der Waals surface area contributed by atoms with Crippen LogP contribution in [0, 0.1) is 13.5 Å². The molecule has 0 atom stereocenters. The predicted octanol–water partition coefficient (Wildman–Crippen LogP) is 7.51. The first-order valence-electron chi connectivity index (χ1n) is 13.2. The Hall–Kier alpha value is -3.66. The average molecular weight is 498 g/mol. The molecule has 1 saturated carbocycles. The van der Waals surface area contributed by atoms with Gasteiger partial charge >= 0.3 is 6.09 Å². The summed E-state index contributed by atoms with van der Waals surface area (Å²) in [6.45, 7) is 19.4. The number of rotatable bonds is 3. The van der Waals surface area contributed by atoms with Gasteiger partial charge in [-0.2, -0.15) is 5.10 Å². The molecule has 1 aliphatic carbocycles. The van der Waals surface area contributed by atoms with Crippen LogP contribution in [-0.4, -0.2) is 36.9 Å². The van der Waals surface area contributed by atoms with E-state index in [2.05, 4.69) is 53.0 Å². The molecule has 0 radical (unpaired) electrons. The van der Waals surface area contributed by atoms with Crippen molar-refractivity contribution >= 4 is 22.6 Å². The molecule has 3 aromatic heterocycles. The highest BCUT2D eigenvalue weighted by Crippen LogP contribution is 2.42. The maximum atomic E-state index is 13.7. The molecule has 1 fully saturated rings. The Balaban J connectivity index is 1.75. The summed E-state index contributed by atoms with van der Waals surface area (Å²) in [5.41, 5.74) is 6.16. The normalized spacial score (nSPS) is 18.4.